The fourth-order valence-electron chi connectivity index (χ4n) is 1.69. The van der Waals surface area contributed by atoms with E-state index in [1.54, 1.807) is 0 Å². The average molecular weight is 283 g/mol. The summed E-state index contributed by atoms with van der Waals surface area (Å²) in [5.74, 6) is -0.185. The number of nitrogens with zero attached hydrogens (tertiary/aromatic N) is 1. The zero-order chi connectivity index (χ0) is 11.5. The van der Waals surface area contributed by atoms with E-state index in [0.717, 1.165) is 5.56 Å². The number of urea groups is 1. The third-order valence-corrected chi connectivity index (χ3v) is 2.82. The molecular formula is C11H11BrN2O2. The predicted molar refractivity (Wildman–Crippen MR) is 63.2 cm³/mol. The van der Waals surface area contributed by atoms with E-state index in [-0.39, 0.29) is 11.9 Å². The Balaban J connectivity index is 2.21. The molecule has 1 saturated heterocycles. The van der Waals surface area contributed by atoms with Crippen LogP contribution in [-0.4, -0.2) is 28.7 Å². The first-order chi connectivity index (χ1) is 7.74. The van der Waals surface area contributed by atoms with Crippen molar-refractivity contribution in [2.75, 3.05) is 11.9 Å². The second-order valence-electron chi connectivity index (χ2n) is 3.47. The summed E-state index contributed by atoms with van der Waals surface area (Å²) in [5, 5.41) is 3.26. The quantitative estimate of drug-likeness (QED) is 0.677. The Morgan fingerprint density at radius 1 is 1.25 bits per heavy atom. The van der Waals surface area contributed by atoms with Crippen molar-refractivity contribution in [3.63, 3.8) is 0 Å². The summed E-state index contributed by atoms with van der Waals surface area (Å²) < 4.78 is 0. The Kier molecular flexibility index (Phi) is 3.24. The van der Waals surface area contributed by atoms with E-state index in [4.69, 9.17) is 0 Å². The Bertz CT molecular complexity index is 408. The molecule has 1 heterocycles. The minimum atomic E-state index is -0.534. The van der Waals surface area contributed by atoms with Gasteiger partial charge in [-0.3, -0.25) is 9.69 Å². The molecule has 0 aromatic heterocycles. The molecule has 16 heavy (non-hydrogen) atoms. The van der Waals surface area contributed by atoms with Gasteiger partial charge in [-0.1, -0.05) is 46.3 Å². The largest absolute Gasteiger partial charge is 0.325 e. The molecule has 1 unspecified atom stereocenters. The fraction of sp³-hybridized carbons (Fsp3) is 0.273. The number of carbonyl (C=O) groups excluding carboxylic acids is 2. The van der Waals surface area contributed by atoms with Crippen LogP contribution in [0.25, 0.3) is 0 Å². The number of benzene rings is 1. The molecule has 1 fully saturated rings. The van der Waals surface area contributed by atoms with Gasteiger partial charge >= 0.3 is 6.03 Å². The first kappa shape index (κ1) is 11.1. The van der Waals surface area contributed by atoms with Crippen LogP contribution < -0.4 is 5.32 Å². The maximum absolute atomic E-state index is 11.9. The molecule has 84 valence electrons. The van der Waals surface area contributed by atoms with E-state index in [1.807, 2.05) is 30.3 Å². The summed E-state index contributed by atoms with van der Waals surface area (Å²) in [4.78, 5) is 24.7. The molecule has 1 aliphatic rings. The van der Waals surface area contributed by atoms with Crippen LogP contribution in [-0.2, 0) is 4.79 Å². The third-order valence-electron chi connectivity index (χ3n) is 2.47. The molecule has 0 bridgehead atoms. The maximum atomic E-state index is 11.9. The van der Waals surface area contributed by atoms with Crippen LogP contribution in [0.4, 0.5) is 4.79 Å². The standard InChI is InChI=1S/C11H11BrN2O2/c12-6-7-14-10(15)9(13-11(14)16)8-4-2-1-3-5-8/h1-5,9H,6-7H2,(H,13,16). The molecule has 1 aliphatic heterocycles. The normalized spacial score (nSPS) is 20.1. The number of amides is 3. The van der Waals surface area contributed by atoms with Crippen molar-refractivity contribution in [1.82, 2.24) is 10.2 Å². The first-order valence-corrected chi connectivity index (χ1v) is 6.09. The van der Waals surface area contributed by atoms with E-state index < -0.39 is 6.04 Å². The fourth-order valence-corrected chi connectivity index (χ4v) is 2.04. The third kappa shape index (κ3) is 1.95. The summed E-state index contributed by atoms with van der Waals surface area (Å²) >= 11 is 3.22. The molecule has 4 nitrogen and oxygen atoms in total. The number of rotatable bonds is 3. The van der Waals surface area contributed by atoms with Gasteiger partial charge in [0, 0.05) is 11.9 Å². The summed E-state index contributed by atoms with van der Waals surface area (Å²) in [5.41, 5.74) is 0.818. The number of halogens is 1. The highest BCUT2D eigenvalue weighted by Gasteiger charge is 2.38. The van der Waals surface area contributed by atoms with Crippen LogP contribution in [0.5, 0.6) is 0 Å². The zero-order valence-corrected chi connectivity index (χ0v) is 10.1. The minimum Gasteiger partial charge on any atom is -0.322 e. The van der Waals surface area contributed by atoms with Gasteiger partial charge < -0.3 is 5.32 Å². The van der Waals surface area contributed by atoms with Crippen molar-refractivity contribution in [3.8, 4) is 0 Å². The van der Waals surface area contributed by atoms with Gasteiger partial charge in [0.1, 0.15) is 6.04 Å². The molecule has 3 amide bonds. The van der Waals surface area contributed by atoms with Crippen LogP contribution in [0.15, 0.2) is 30.3 Å². The molecule has 0 radical (unpaired) electrons. The number of carbonyl (C=O) groups is 2. The van der Waals surface area contributed by atoms with E-state index in [2.05, 4.69) is 21.2 Å². The summed E-state index contributed by atoms with van der Waals surface area (Å²) in [7, 11) is 0. The summed E-state index contributed by atoms with van der Waals surface area (Å²) in [6, 6.07) is 8.39. The van der Waals surface area contributed by atoms with Crippen LogP contribution in [0.1, 0.15) is 11.6 Å². The lowest BCUT2D eigenvalue weighted by molar-refractivity contribution is -0.127. The van der Waals surface area contributed by atoms with E-state index in [0.29, 0.717) is 11.9 Å². The number of alkyl halides is 1. The maximum Gasteiger partial charge on any atom is 0.325 e. The highest BCUT2D eigenvalue weighted by atomic mass is 79.9. The Hall–Kier alpha value is -1.36. The average Bonchev–Trinajstić information content (AvgIpc) is 2.59. The topological polar surface area (TPSA) is 49.4 Å². The van der Waals surface area contributed by atoms with Gasteiger partial charge in [-0.05, 0) is 5.56 Å². The molecular weight excluding hydrogens is 272 g/mol. The lowest BCUT2D eigenvalue weighted by Gasteiger charge is -2.10. The van der Waals surface area contributed by atoms with Gasteiger partial charge in [-0.15, -0.1) is 0 Å². The highest BCUT2D eigenvalue weighted by Crippen LogP contribution is 2.21. The van der Waals surface area contributed by atoms with Gasteiger partial charge in [0.15, 0.2) is 0 Å². The molecule has 1 aromatic rings. The molecule has 1 aromatic carbocycles. The minimum absolute atomic E-state index is 0.185. The Morgan fingerprint density at radius 2 is 1.94 bits per heavy atom. The second kappa shape index (κ2) is 4.65. The van der Waals surface area contributed by atoms with Gasteiger partial charge in [-0.2, -0.15) is 0 Å². The summed E-state index contributed by atoms with van der Waals surface area (Å²) in [6.07, 6.45) is 0. The molecule has 0 aliphatic carbocycles. The van der Waals surface area contributed by atoms with Crippen molar-refractivity contribution in [2.24, 2.45) is 0 Å². The van der Waals surface area contributed by atoms with Crippen LogP contribution >= 0.6 is 15.9 Å². The molecule has 0 spiro atoms. The van der Waals surface area contributed by atoms with Crippen molar-refractivity contribution in [2.45, 2.75) is 6.04 Å². The molecule has 1 atom stereocenters. The lowest BCUT2D eigenvalue weighted by atomic mass is 10.1. The van der Waals surface area contributed by atoms with Gasteiger partial charge in [0.25, 0.3) is 5.91 Å². The van der Waals surface area contributed by atoms with Crippen molar-refractivity contribution in [1.29, 1.82) is 0 Å². The Morgan fingerprint density at radius 3 is 2.56 bits per heavy atom. The second-order valence-corrected chi connectivity index (χ2v) is 4.27. The highest BCUT2D eigenvalue weighted by molar-refractivity contribution is 9.09. The number of hydrogen-bond acceptors (Lipinski definition) is 2. The van der Waals surface area contributed by atoms with Crippen molar-refractivity contribution < 1.29 is 9.59 Å². The lowest BCUT2D eigenvalue weighted by Crippen LogP contribution is -2.32. The number of hydrogen-bond donors (Lipinski definition) is 1. The predicted octanol–water partition coefficient (Wildman–Crippen LogP) is 1.67. The van der Waals surface area contributed by atoms with E-state index in [1.165, 1.54) is 4.90 Å². The van der Waals surface area contributed by atoms with Gasteiger partial charge in [0.2, 0.25) is 0 Å². The first-order valence-electron chi connectivity index (χ1n) is 4.97. The van der Waals surface area contributed by atoms with Crippen LogP contribution in [0, 0.1) is 0 Å². The zero-order valence-electron chi connectivity index (χ0n) is 8.52. The van der Waals surface area contributed by atoms with Crippen molar-refractivity contribution in [3.05, 3.63) is 35.9 Å². The summed E-state index contributed by atoms with van der Waals surface area (Å²) in [6.45, 7) is 0.397. The SMILES string of the molecule is O=C1NC(c2ccccc2)C(=O)N1CCBr. The van der Waals surface area contributed by atoms with Gasteiger partial charge in [0.05, 0.1) is 0 Å². The van der Waals surface area contributed by atoms with Gasteiger partial charge in [-0.25, -0.2) is 4.79 Å². The molecule has 2 rings (SSSR count). The van der Waals surface area contributed by atoms with E-state index >= 15 is 0 Å². The van der Waals surface area contributed by atoms with Crippen molar-refractivity contribution >= 4 is 27.9 Å². The molecule has 1 N–H and O–H groups in total. The number of imide groups is 1. The van der Waals surface area contributed by atoms with E-state index in [9.17, 15) is 9.59 Å². The van der Waals surface area contributed by atoms with Crippen LogP contribution in [0.3, 0.4) is 0 Å². The monoisotopic (exact) mass is 282 g/mol. The smallest absolute Gasteiger partial charge is 0.322 e. The molecule has 0 saturated carbocycles. The number of nitrogens with one attached hydrogen (secondary N) is 1. The molecule has 5 heteroatoms. The Labute approximate surface area is 102 Å². The van der Waals surface area contributed by atoms with Crippen LogP contribution in [0.2, 0.25) is 0 Å².